The third kappa shape index (κ3) is 5.05. The van der Waals surface area contributed by atoms with Gasteiger partial charge in [-0.3, -0.25) is 23.5 Å². The smallest absolute Gasteiger partial charge is 0.330 e. The Hall–Kier alpha value is -4.08. The van der Waals surface area contributed by atoms with Crippen LogP contribution in [0.5, 0.6) is 11.5 Å². The summed E-state index contributed by atoms with van der Waals surface area (Å²) >= 11 is 0. The van der Waals surface area contributed by atoms with Crippen LogP contribution in [0.25, 0.3) is 0 Å². The van der Waals surface area contributed by atoms with Gasteiger partial charge in [-0.15, -0.1) is 0 Å². The molecule has 0 aliphatic heterocycles. The van der Waals surface area contributed by atoms with E-state index in [1.165, 1.54) is 37.9 Å². The Bertz CT molecular complexity index is 1350. The molecule has 10 nitrogen and oxygen atoms in total. The highest BCUT2D eigenvalue weighted by atomic mass is 16.5. The second kappa shape index (κ2) is 9.60. The lowest BCUT2D eigenvalue weighted by Gasteiger charge is -2.18. The number of aromatic hydroxyl groups is 1. The number of benzene rings is 1. The molecule has 0 spiro atoms. The summed E-state index contributed by atoms with van der Waals surface area (Å²) in [7, 11) is 4.40. The Balaban J connectivity index is 1.91. The lowest BCUT2D eigenvalue weighted by molar-refractivity contribution is -0.121. The standard InChI is InChI=1S/C23H25N3O7/c1-13-9-18(27)21(30)22(33-13)17(14-5-7-16(32-4)8-6-14)11-19(28)24-12-15-10-20(29)26(3)23(31)25(15)2/h5-10,17,30H,11-12H2,1-4H3,(H,24,28). The quantitative estimate of drug-likeness (QED) is 0.541. The van der Waals surface area contributed by atoms with Crippen molar-refractivity contribution < 1.29 is 19.1 Å². The number of hydrogen-bond acceptors (Lipinski definition) is 7. The Morgan fingerprint density at radius 1 is 1.12 bits per heavy atom. The van der Waals surface area contributed by atoms with E-state index in [1.54, 1.807) is 31.2 Å². The van der Waals surface area contributed by atoms with E-state index >= 15 is 0 Å². The number of nitrogens with zero attached hydrogens (tertiary/aromatic N) is 2. The fraction of sp³-hybridized carbons (Fsp3) is 0.304. The van der Waals surface area contributed by atoms with E-state index in [1.807, 2.05) is 0 Å². The van der Waals surface area contributed by atoms with Gasteiger partial charge >= 0.3 is 5.69 Å². The summed E-state index contributed by atoms with van der Waals surface area (Å²) in [6.07, 6.45) is -0.162. The number of rotatable bonds is 7. The number of aryl methyl sites for hydroxylation is 1. The third-order valence-electron chi connectivity index (χ3n) is 5.39. The lowest BCUT2D eigenvalue weighted by Crippen LogP contribution is -2.39. The molecule has 0 radical (unpaired) electrons. The average Bonchev–Trinajstić information content (AvgIpc) is 2.80. The summed E-state index contributed by atoms with van der Waals surface area (Å²) in [6, 6.07) is 9.25. The highest BCUT2D eigenvalue weighted by Gasteiger charge is 2.26. The van der Waals surface area contributed by atoms with Crippen molar-refractivity contribution in [3.8, 4) is 11.5 Å². The molecule has 174 valence electrons. The molecule has 1 unspecified atom stereocenters. The zero-order valence-electron chi connectivity index (χ0n) is 18.7. The molecule has 3 rings (SSSR count). The number of methoxy groups -OCH3 is 1. The van der Waals surface area contributed by atoms with Gasteiger partial charge in [-0.1, -0.05) is 12.1 Å². The molecule has 33 heavy (non-hydrogen) atoms. The number of ether oxygens (including phenoxy) is 1. The van der Waals surface area contributed by atoms with Gasteiger partial charge in [-0.2, -0.15) is 0 Å². The van der Waals surface area contributed by atoms with Crippen molar-refractivity contribution >= 4 is 5.91 Å². The number of carbonyl (C=O) groups is 1. The number of amides is 1. The minimum atomic E-state index is -0.768. The van der Waals surface area contributed by atoms with Crippen LogP contribution in [0.3, 0.4) is 0 Å². The molecule has 0 bridgehead atoms. The fourth-order valence-corrected chi connectivity index (χ4v) is 3.45. The second-order valence-electron chi connectivity index (χ2n) is 7.62. The zero-order chi connectivity index (χ0) is 24.3. The van der Waals surface area contributed by atoms with Crippen LogP contribution < -0.4 is 26.7 Å². The van der Waals surface area contributed by atoms with E-state index in [2.05, 4.69) is 5.32 Å². The van der Waals surface area contributed by atoms with E-state index in [0.29, 0.717) is 22.8 Å². The molecule has 2 heterocycles. The highest BCUT2D eigenvalue weighted by molar-refractivity contribution is 5.77. The molecule has 0 saturated heterocycles. The van der Waals surface area contributed by atoms with E-state index in [4.69, 9.17) is 9.15 Å². The van der Waals surface area contributed by atoms with Gasteiger partial charge in [-0.05, 0) is 24.6 Å². The minimum absolute atomic E-state index is 0.0266. The minimum Gasteiger partial charge on any atom is -0.502 e. The van der Waals surface area contributed by atoms with Crippen molar-refractivity contribution in [2.75, 3.05) is 7.11 Å². The van der Waals surface area contributed by atoms with Crippen molar-refractivity contribution in [2.45, 2.75) is 25.8 Å². The summed E-state index contributed by atoms with van der Waals surface area (Å²) < 4.78 is 13.0. The molecule has 3 aromatic rings. The fourth-order valence-electron chi connectivity index (χ4n) is 3.45. The van der Waals surface area contributed by atoms with Crippen molar-refractivity contribution in [1.29, 1.82) is 0 Å². The number of hydrogen-bond donors (Lipinski definition) is 2. The van der Waals surface area contributed by atoms with Gasteiger partial charge in [0.1, 0.15) is 11.5 Å². The molecule has 2 aromatic heterocycles. The summed E-state index contributed by atoms with van der Waals surface area (Å²) in [6.45, 7) is 1.52. The van der Waals surface area contributed by atoms with Gasteiger partial charge in [0.05, 0.1) is 19.6 Å². The SMILES string of the molecule is COc1ccc(C(CC(=O)NCc2cc(=O)n(C)c(=O)n2C)c2oc(C)cc(=O)c2O)cc1. The van der Waals surface area contributed by atoms with Gasteiger partial charge < -0.3 is 19.6 Å². The van der Waals surface area contributed by atoms with Crippen LogP contribution in [-0.4, -0.2) is 27.3 Å². The number of carbonyl (C=O) groups excluding carboxylic acids is 1. The molecular weight excluding hydrogens is 430 g/mol. The summed E-state index contributed by atoms with van der Waals surface area (Å²) in [4.78, 5) is 49.0. The van der Waals surface area contributed by atoms with Crippen LogP contribution >= 0.6 is 0 Å². The summed E-state index contributed by atoms with van der Waals surface area (Å²) in [5.41, 5.74) is -0.639. The second-order valence-corrected chi connectivity index (χ2v) is 7.62. The Morgan fingerprint density at radius 2 is 1.79 bits per heavy atom. The lowest BCUT2D eigenvalue weighted by atomic mass is 9.91. The van der Waals surface area contributed by atoms with Crippen LogP contribution in [0, 0.1) is 6.92 Å². The normalized spacial score (nSPS) is 11.8. The van der Waals surface area contributed by atoms with Crippen LogP contribution in [0.4, 0.5) is 0 Å². The molecule has 1 amide bonds. The van der Waals surface area contributed by atoms with Crippen LogP contribution in [-0.2, 0) is 25.4 Å². The van der Waals surface area contributed by atoms with Gasteiger partial charge in [0, 0.05) is 38.3 Å². The molecule has 10 heteroatoms. The molecule has 1 atom stereocenters. The predicted molar refractivity (Wildman–Crippen MR) is 120 cm³/mol. The first-order valence-electron chi connectivity index (χ1n) is 10.1. The highest BCUT2D eigenvalue weighted by Crippen LogP contribution is 2.33. The first kappa shape index (κ1) is 23.6. The molecule has 1 aromatic carbocycles. The predicted octanol–water partition coefficient (Wildman–Crippen LogP) is 0.898. The maximum Gasteiger partial charge on any atom is 0.330 e. The number of nitrogens with one attached hydrogen (secondary N) is 1. The van der Waals surface area contributed by atoms with Crippen molar-refractivity contribution in [3.63, 3.8) is 0 Å². The van der Waals surface area contributed by atoms with Crippen molar-refractivity contribution in [2.24, 2.45) is 14.1 Å². The molecule has 0 aliphatic carbocycles. The van der Waals surface area contributed by atoms with Crippen LogP contribution in [0.1, 0.15) is 35.1 Å². The zero-order valence-corrected chi connectivity index (χ0v) is 18.7. The first-order chi connectivity index (χ1) is 15.6. The maximum atomic E-state index is 12.8. The van der Waals surface area contributed by atoms with Crippen LogP contribution in [0.2, 0.25) is 0 Å². The Labute approximate surface area is 188 Å². The first-order valence-corrected chi connectivity index (χ1v) is 10.1. The Morgan fingerprint density at radius 3 is 2.42 bits per heavy atom. The number of aromatic nitrogens is 2. The van der Waals surface area contributed by atoms with Gasteiger partial charge in [-0.25, -0.2) is 4.79 Å². The van der Waals surface area contributed by atoms with Gasteiger partial charge in [0.25, 0.3) is 5.56 Å². The summed E-state index contributed by atoms with van der Waals surface area (Å²) in [5, 5.41) is 13.0. The molecule has 0 fully saturated rings. The van der Waals surface area contributed by atoms with Gasteiger partial charge in [0.2, 0.25) is 17.1 Å². The molecule has 2 N–H and O–H groups in total. The summed E-state index contributed by atoms with van der Waals surface area (Å²) in [5.74, 6) is -0.904. The largest absolute Gasteiger partial charge is 0.502 e. The third-order valence-corrected chi connectivity index (χ3v) is 5.39. The molecule has 0 aliphatic rings. The molecule has 0 saturated carbocycles. The van der Waals surface area contributed by atoms with Gasteiger partial charge in [0.15, 0.2) is 5.76 Å². The Kier molecular flexibility index (Phi) is 6.86. The van der Waals surface area contributed by atoms with E-state index < -0.39 is 34.3 Å². The monoisotopic (exact) mass is 455 g/mol. The van der Waals surface area contributed by atoms with Crippen molar-refractivity contribution in [3.05, 3.63) is 90.2 Å². The average molecular weight is 455 g/mol. The van der Waals surface area contributed by atoms with E-state index in [-0.39, 0.29) is 18.7 Å². The van der Waals surface area contributed by atoms with E-state index in [9.17, 15) is 24.3 Å². The van der Waals surface area contributed by atoms with E-state index in [0.717, 1.165) is 4.57 Å². The van der Waals surface area contributed by atoms with Crippen LogP contribution in [0.15, 0.2) is 55.2 Å². The topological polar surface area (TPSA) is 133 Å². The van der Waals surface area contributed by atoms with Crippen molar-refractivity contribution in [1.82, 2.24) is 14.5 Å². The maximum absolute atomic E-state index is 12.8. The molecular formula is C23H25N3O7.